The van der Waals surface area contributed by atoms with Crippen LogP contribution in [-0.4, -0.2) is 9.13 Å². The van der Waals surface area contributed by atoms with Gasteiger partial charge in [-0.15, -0.1) is 4.91 Å². The van der Waals surface area contributed by atoms with Crippen molar-refractivity contribution in [3.05, 3.63) is 34.8 Å². The molecule has 1 aromatic heterocycles. The summed E-state index contributed by atoms with van der Waals surface area (Å²) in [5.41, 5.74) is 2.98. The molecule has 0 aliphatic heterocycles. The molecular weight excluding hydrogens is 300 g/mol. The third-order valence-electron chi connectivity index (χ3n) is 4.55. The minimum atomic E-state index is 0.694. The van der Waals surface area contributed by atoms with Gasteiger partial charge in [-0.2, -0.15) is 0 Å². The molecule has 0 fully saturated rings. The van der Waals surface area contributed by atoms with Crippen molar-refractivity contribution in [2.24, 2.45) is 10.4 Å². The third kappa shape index (κ3) is 4.56. The first-order valence-electron chi connectivity index (χ1n) is 9.37. The van der Waals surface area contributed by atoms with Gasteiger partial charge in [0.1, 0.15) is 0 Å². The maximum Gasteiger partial charge on any atom is 0.234 e. The fourth-order valence-corrected chi connectivity index (χ4v) is 3.26. The highest BCUT2D eigenvalue weighted by molar-refractivity contribution is 5.75. The Kier molecular flexibility index (Phi) is 7.72. The van der Waals surface area contributed by atoms with E-state index in [0.717, 1.165) is 37.0 Å². The Bertz CT molecular complexity index is 647. The Morgan fingerprint density at radius 3 is 1.71 bits per heavy atom. The first-order chi connectivity index (χ1) is 11.8. The second kappa shape index (κ2) is 10.1. The van der Waals surface area contributed by atoms with Crippen LogP contribution in [0.3, 0.4) is 0 Å². The first kappa shape index (κ1) is 18.4. The van der Waals surface area contributed by atoms with E-state index in [1.165, 1.54) is 38.5 Å². The number of unbranched alkanes of at least 4 members (excludes halogenated alkanes) is 6. The second-order valence-electron chi connectivity index (χ2n) is 6.39. The molecule has 2 rings (SSSR count). The van der Waals surface area contributed by atoms with Crippen molar-refractivity contribution >= 4 is 11.0 Å². The number of para-hydroxylation sites is 2. The van der Waals surface area contributed by atoms with Gasteiger partial charge >= 0.3 is 0 Å². The lowest BCUT2D eigenvalue weighted by molar-refractivity contribution is 0.530. The van der Waals surface area contributed by atoms with Crippen LogP contribution in [0.15, 0.2) is 34.7 Å². The number of aryl methyl sites for hydroxylation is 2. The molecule has 132 valence electrons. The van der Waals surface area contributed by atoms with Gasteiger partial charge in [-0.25, -0.2) is 0 Å². The largest absolute Gasteiger partial charge is 0.309 e. The molecule has 2 aromatic rings. The summed E-state index contributed by atoms with van der Waals surface area (Å²) in [6.07, 6.45) is 9.53. The smallest absolute Gasteiger partial charge is 0.234 e. The third-order valence-corrected chi connectivity index (χ3v) is 4.55. The van der Waals surface area contributed by atoms with Crippen molar-refractivity contribution in [2.75, 3.05) is 0 Å². The number of hydrogen-bond donors (Lipinski definition) is 0. The summed E-state index contributed by atoms with van der Waals surface area (Å²) in [5, 5.41) is 6.78. The number of aromatic nitrogens is 2. The monoisotopic (exact) mass is 330 g/mol. The zero-order valence-corrected chi connectivity index (χ0v) is 15.1. The SMILES string of the molecule is CCCCCCn1c(=NN=O)n(CCCCCC)c2ccccc21. The van der Waals surface area contributed by atoms with E-state index in [0.29, 0.717) is 5.62 Å². The van der Waals surface area contributed by atoms with Crippen LogP contribution in [-0.2, 0) is 13.1 Å². The van der Waals surface area contributed by atoms with Gasteiger partial charge in [0.15, 0.2) is 0 Å². The van der Waals surface area contributed by atoms with Gasteiger partial charge < -0.3 is 9.13 Å². The van der Waals surface area contributed by atoms with E-state index in [2.05, 4.69) is 45.5 Å². The Balaban J connectivity index is 2.34. The van der Waals surface area contributed by atoms with Crippen LogP contribution in [0, 0.1) is 4.91 Å². The topological polar surface area (TPSA) is 51.6 Å². The molecule has 0 saturated carbocycles. The van der Waals surface area contributed by atoms with Crippen molar-refractivity contribution in [2.45, 2.75) is 78.3 Å². The molecule has 1 aromatic carbocycles. The number of fused-ring (bicyclic) bond motifs is 1. The highest BCUT2D eigenvalue weighted by Gasteiger charge is 2.11. The van der Waals surface area contributed by atoms with Crippen LogP contribution >= 0.6 is 0 Å². The molecule has 0 unspecified atom stereocenters. The minimum absolute atomic E-state index is 0.694. The average Bonchev–Trinajstić information content (AvgIpc) is 2.89. The van der Waals surface area contributed by atoms with E-state index in [1.54, 1.807) is 0 Å². The standard InChI is InChI=1S/C19H30N4O/c1-3-5-7-11-15-22-17-13-9-10-14-18(17)23(19(22)20-21-24)16-12-8-6-4-2/h9-10,13-14H,3-8,11-12,15-16H2,1-2H3. The quantitative estimate of drug-likeness (QED) is 0.318. The summed E-state index contributed by atoms with van der Waals surface area (Å²) in [7, 11) is 0. The maximum absolute atomic E-state index is 10.9. The Morgan fingerprint density at radius 1 is 0.792 bits per heavy atom. The molecule has 24 heavy (non-hydrogen) atoms. The van der Waals surface area contributed by atoms with Crippen molar-refractivity contribution in [1.29, 1.82) is 0 Å². The van der Waals surface area contributed by atoms with Crippen molar-refractivity contribution in [3.8, 4) is 0 Å². The number of rotatable bonds is 11. The van der Waals surface area contributed by atoms with Gasteiger partial charge in [0.25, 0.3) is 0 Å². The summed E-state index contributed by atoms with van der Waals surface area (Å²) in [6.45, 7) is 6.20. The number of nitrogens with zero attached hydrogens (tertiary/aromatic N) is 4. The first-order valence-corrected chi connectivity index (χ1v) is 9.37. The van der Waals surface area contributed by atoms with E-state index < -0.39 is 0 Å². The highest BCUT2D eigenvalue weighted by Crippen LogP contribution is 2.15. The molecule has 0 bridgehead atoms. The van der Waals surface area contributed by atoms with Crippen molar-refractivity contribution in [3.63, 3.8) is 0 Å². The lowest BCUT2D eigenvalue weighted by Crippen LogP contribution is -2.26. The Morgan fingerprint density at radius 2 is 1.29 bits per heavy atom. The molecule has 0 radical (unpaired) electrons. The number of imidazole rings is 1. The van der Waals surface area contributed by atoms with Crippen LogP contribution in [0.25, 0.3) is 11.0 Å². The highest BCUT2D eigenvalue weighted by atomic mass is 16.3. The summed E-state index contributed by atoms with van der Waals surface area (Å²) >= 11 is 0. The molecule has 5 nitrogen and oxygen atoms in total. The van der Waals surface area contributed by atoms with Gasteiger partial charge in [0, 0.05) is 13.1 Å². The molecule has 1 heterocycles. The van der Waals surface area contributed by atoms with Crippen LogP contribution in [0.5, 0.6) is 0 Å². The van der Waals surface area contributed by atoms with Crippen LogP contribution in [0.2, 0.25) is 0 Å². The van der Waals surface area contributed by atoms with Crippen molar-refractivity contribution in [1.82, 2.24) is 9.13 Å². The summed E-state index contributed by atoms with van der Waals surface area (Å²) < 4.78 is 4.32. The molecular formula is C19H30N4O. The Labute approximate surface area is 144 Å². The van der Waals surface area contributed by atoms with Gasteiger partial charge in [-0.1, -0.05) is 69.6 Å². The average molecular weight is 330 g/mol. The Hall–Kier alpha value is -1.91. The molecule has 0 atom stereocenters. The lowest BCUT2D eigenvalue weighted by atomic mass is 10.2. The number of hydrogen-bond acceptors (Lipinski definition) is 2. The summed E-state index contributed by atoms with van der Waals surface area (Å²) in [4.78, 5) is 10.9. The lowest BCUT2D eigenvalue weighted by Gasteiger charge is -2.05. The van der Waals surface area contributed by atoms with E-state index in [4.69, 9.17) is 0 Å². The summed E-state index contributed by atoms with van der Waals surface area (Å²) in [6, 6.07) is 8.32. The van der Waals surface area contributed by atoms with Gasteiger partial charge in [-0.3, -0.25) is 0 Å². The van der Waals surface area contributed by atoms with Crippen LogP contribution < -0.4 is 5.62 Å². The van der Waals surface area contributed by atoms with E-state index in [9.17, 15) is 4.91 Å². The van der Waals surface area contributed by atoms with Gasteiger partial charge in [0.2, 0.25) is 5.62 Å². The normalized spacial score (nSPS) is 11.1. The minimum Gasteiger partial charge on any atom is -0.309 e. The fourth-order valence-electron chi connectivity index (χ4n) is 3.26. The molecule has 0 N–H and O–H groups in total. The maximum atomic E-state index is 10.9. The zero-order valence-electron chi connectivity index (χ0n) is 15.1. The number of nitroso groups, excluding NO2 is 1. The van der Waals surface area contributed by atoms with E-state index >= 15 is 0 Å². The van der Waals surface area contributed by atoms with E-state index in [-0.39, 0.29) is 0 Å². The van der Waals surface area contributed by atoms with Gasteiger partial charge in [0.05, 0.1) is 16.3 Å². The molecule has 0 spiro atoms. The molecule has 5 heteroatoms. The van der Waals surface area contributed by atoms with Gasteiger partial charge in [-0.05, 0) is 25.0 Å². The van der Waals surface area contributed by atoms with Crippen molar-refractivity contribution < 1.29 is 0 Å². The summed E-state index contributed by atoms with van der Waals surface area (Å²) in [5.74, 6) is 0. The molecule has 0 aliphatic rings. The molecule has 0 amide bonds. The fraction of sp³-hybridized carbons (Fsp3) is 0.632. The predicted octanol–water partition coefficient (Wildman–Crippen LogP) is 5.19. The van der Waals surface area contributed by atoms with Crippen LogP contribution in [0.4, 0.5) is 0 Å². The van der Waals surface area contributed by atoms with Crippen LogP contribution in [0.1, 0.15) is 65.2 Å². The molecule has 0 aliphatic carbocycles. The second-order valence-corrected chi connectivity index (χ2v) is 6.39. The zero-order chi connectivity index (χ0) is 17.2. The number of benzene rings is 1. The molecule has 0 saturated heterocycles. The van der Waals surface area contributed by atoms with E-state index in [1.807, 2.05) is 12.1 Å². The predicted molar refractivity (Wildman–Crippen MR) is 99.6 cm³/mol.